The van der Waals surface area contributed by atoms with Crippen LogP contribution in [0.25, 0.3) is 10.6 Å². The third-order valence-corrected chi connectivity index (χ3v) is 9.71. The van der Waals surface area contributed by atoms with E-state index < -0.39 is 28.5 Å². The van der Waals surface area contributed by atoms with Gasteiger partial charge in [0.15, 0.2) is 0 Å². The number of carbonyl (C=O) groups is 3. The van der Waals surface area contributed by atoms with Crippen molar-refractivity contribution in [2.24, 2.45) is 0 Å². The van der Waals surface area contributed by atoms with Gasteiger partial charge < -0.3 is 25.8 Å². The van der Waals surface area contributed by atoms with Crippen LogP contribution < -0.4 is 20.7 Å². The van der Waals surface area contributed by atoms with Crippen molar-refractivity contribution in [3.63, 3.8) is 0 Å². The van der Waals surface area contributed by atoms with Crippen LogP contribution >= 0.6 is 21.9 Å². The van der Waals surface area contributed by atoms with Crippen LogP contribution in [0.15, 0.2) is 82.7 Å². The van der Waals surface area contributed by atoms with Crippen molar-refractivity contribution in [1.29, 1.82) is 0 Å². The number of carboxylic acid groups (broad SMARTS) is 1. The number of hydrogen-bond acceptors (Lipinski definition) is 9. The molecule has 2 heterocycles. The fourth-order valence-corrected chi connectivity index (χ4v) is 6.89. The predicted octanol–water partition coefficient (Wildman–Crippen LogP) is 5.31. The lowest BCUT2D eigenvalue weighted by atomic mass is 10.1. The van der Waals surface area contributed by atoms with Crippen LogP contribution in [0.4, 0.5) is 5.69 Å². The first-order chi connectivity index (χ1) is 20.6. The second kappa shape index (κ2) is 12.9. The Balaban J connectivity index is 1.16. The van der Waals surface area contributed by atoms with E-state index in [0.29, 0.717) is 25.3 Å². The molecule has 0 aliphatic carbocycles. The lowest BCUT2D eigenvalue weighted by molar-refractivity contribution is -0.139. The van der Waals surface area contributed by atoms with E-state index in [-0.39, 0.29) is 39.1 Å². The molecule has 0 fully saturated rings. The van der Waals surface area contributed by atoms with Gasteiger partial charge in [0.25, 0.3) is 11.8 Å². The zero-order chi connectivity index (χ0) is 30.6. The summed E-state index contributed by atoms with van der Waals surface area (Å²) in [4.78, 5) is 42.1. The van der Waals surface area contributed by atoms with Gasteiger partial charge in [0.05, 0.1) is 34.2 Å². The van der Waals surface area contributed by atoms with Gasteiger partial charge in [0.1, 0.15) is 16.8 Å². The Hall–Kier alpha value is -4.27. The number of benzene rings is 3. The first-order valence-electron chi connectivity index (χ1n) is 13.4. The minimum Gasteiger partial charge on any atom is -0.494 e. The van der Waals surface area contributed by atoms with Crippen molar-refractivity contribution in [2.45, 2.75) is 35.7 Å². The number of carbonyl (C=O) groups excluding carboxylic acids is 2. The van der Waals surface area contributed by atoms with Crippen molar-refractivity contribution in [1.82, 2.24) is 15.6 Å². The number of amides is 2. The maximum Gasteiger partial charge on any atom is 0.320 e. The predicted molar refractivity (Wildman–Crippen MR) is 164 cm³/mol. The highest BCUT2D eigenvalue weighted by Crippen LogP contribution is 2.60. The molecule has 0 saturated carbocycles. The van der Waals surface area contributed by atoms with Gasteiger partial charge in [-0.1, -0.05) is 12.1 Å². The number of nitrogens with one attached hydrogen (secondary N) is 3. The Kier molecular flexibility index (Phi) is 9.08. The fraction of sp³-hybridized carbons (Fsp3) is 0.200. The van der Waals surface area contributed by atoms with Crippen LogP contribution in [0, 0.1) is 0 Å². The number of anilines is 1. The zero-order valence-corrected chi connectivity index (χ0v) is 24.7. The van der Waals surface area contributed by atoms with Crippen molar-refractivity contribution >= 4 is 45.4 Å². The molecule has 0 unspecified atom stereocenters. The molecule has 1 aromatic heterocycles. The maximum atomic E-state index is 13.0. The molecule has 43 heavy (non-hydrogen) atoms. The number of aliphatic carboxylic acids is 1. The highest BCUT2D eigenvalue weighted by molar-refractivity contribution is 8.24. The van der Waals surface area contributed by atoms with E-state index in [9.17, 15) is 23.5 Å². The van der Waals surface area contributed by atoms with Gasteiger partial charge in [0, 0.05) is 22.2 Å². The summed E-state index contributed by atoms with van der Waals surface area (Å²) in [6, 6.07) is 17.6. The molecule has 1 atom stereocenters. The van der Waals surface area contributed by atoms with E-state index in [1.807, 2.05) is 24.3 Å². The number of ether oxygens (including phenoxy) is 1. The molecule has 1 aliphatic rings. The molecule has 0 radical (unpaired) electrons. The standard InChI is InChI=1S/C30H30N4O7S2/c1-18(30(37)38)31-13-4-14-41-21-10-7-19(8-11-21)29-33-17-22(42-29)16-32-27(35)20-9-12-26-24(15-20)34-28(36)23-5-2-3-6-25(23)43(26,39)40/h2-3,5-12,15,17-18,31,39-40H,4,13-14,16H2,1H3,(H,32,35)(H,34,36)(H,37,38)/t18-/m0/s1. The third-order valence-electron chi connectivity index (χ3n) is 6.72. The average molecular weight is 623 g/mol. The summed E-state index contributed by atoms with van der Waals surface area (Å²) in [6.07, 6.45) is 2.36. The number of hydrogen-bond donors (Lipinski definition) is 6. The van der Waals surface area contributed by atoms with Crippen molar-refractivity contribution in [3.8, 4) is 16.3 Å². The van der Waals surface area contributed by atoms with Crippen molar-refractivity contribution in [2.75, 3.05) is 18.5 Å². The number of fused-ring (bicyclic) bond motifs is 2. The highest BCUT2D eigenvalue weighted by Gasteiger charge is 2.31. The zero-order valence-electron chi connectivity index (χ0n) is 23.1. The summed E-state index contributed by atoms with van der Waals surface area (Å²) in [5.41, 5.74) is 1.50. The second-order valence-electron chi connectivity index (χ2n) is 9.76. The maximum absolute atomic E-state index is 13.0. The molecule has 0 saturated heterocycles. The molecule has 13 heteroatoms. The summed E-state index contributed by atoms with van der Waals surface area (Å²) in [6.45, 7) is 2.81. The summed E-state index contributed by atoms with van der Waals surface area (Å²) in [5, 5.41) is 18.1. The lowest BCUT2D eigenvalue weighted by Gasteiger charge is -2.33. The summed E-state index contributed by atoms with van der Waals surface area (Å²) >= 11 is 1.43. The van der Waals surface area contributed by atoms with E-state index >= 15 is 0 Å². The molecule has 5 rings (SSSR count). The number of nitrogens with zero attached hydrogens (tertiary/aromatic N) is 1. The molecule has 11 nitrogen and oxygen atoms in total. The van der Waals surface area contributed by atoms with Crippen LogP contribution in [-0.4, -0.2) is 56.2 Å². The quantitative estimate of drug-likeness (QED) is 0.121. The second-order valence-corrected chi connectivity index (χ2v) is 12.9. The monoisotopic (exact) mass is 622 g/mol. The number of thiazole rings is 1. The number of aromatic nitrogens is 1. The van der Waals surface area contributed by atoms with Crippen LogP contribution in [0.2, 0.25) is 0 Å². The minimum absolute atomic E-state index is 0.142. The van der Waals surface area contributed by atoms with Gasteiger partial charge in [-0.25, -0.2) is 4.98 Å². The molecular formula is C30H30N4O7S2. The first kappa shape index (κ1) is 30.2. The normalized spacial score (nSPS) is 14.8. The van der Waals surface area contributed by atoms with E-state index in [0.717, 1.165) is 15.4 Å². The van der Waals surface area contributed by atoms with E-state index in [1.165, 1.54) is 41.7 Å². The molecule has 0 spiro atoms. The molecule has 224 valence electrons. The lowest BCUT2D eigenvalue weighted by Crippen LogP contribution is -2.34. The molecule has 6 N–H and O–H groups in total. The highest BCUT2D eigenvalue weighted by atomic mass is 32.3. The van der Waals surface area contributed by atoms with Crippen LogP contribution in [0.1, 0.15) is 38.9 Å². The van der Waals surface area contributed by atoms with Gasteiger partial charge in [0.2, 0.25) is 0 Å². The molecule has 1 aliphatic heterocycles. The topological polar surface area (TPSA) is 170 Å². The summed E-state index contributed by atoms with van der Waals surface area (Å²) in [7, 11) is -3.46. The van der Waals surface area contributed by atoms with Crippen LogP contribution in [0.3, 0.4) is 0 Å². The molecule has 2 amide bonds. The van der Waals surface area contributed by atoms with Gasteiger partial charge in [-0.05, 0) is 74.5 Å². The van der Waals surface area contributed by atoms with Gasteiger partial charge in [-0.3, -0.25) is 23.5 Å². The first-order valence-corrected chi connectivity index (χ1v) is 15.7. The van der Waals surface area contributed by atoms with Gasteiger partial charge in [-0.15, -0.1) is 21.9 Å². The Morgan fingerprint density at radius 3 is 2.60 bits per heavy atom. The van der Waals surface area contributed by atoms with Gasteiger partial charge in [-0.2, -0.15) is 0 Å². The Labute approximate surface area is 253 Å². The third kappa shape index (κ3) is 6.87. The smallest absolute Gasteiger partial charge is 0.320 e. The van der Waals surface area contributed by atoms with E-state index in [1.54, 1.807) is 25.3 Å². The summed E-state index contributed by atoms with van der Waals surface area (Å²) < 4.78 is 27.7. The van der Waals surface area contributed by atoms with Crippen LogP contribution in [0.5, 0.6) is 5.75 Å². The summed E-state index contributed by atoms with van der Waals surface area (Å²) in [5.74, 6) is -1.06. The molecule has 3 aromatic carbocycles. The Morgan fingerprint density at radius 2 is 1.84 bits per heavy atom. The van der Waals surface area contributed by atoms with E-state index in [2.05, 4.69) is 20.9 Å². The fourth-order valence-electron chi connectivity index (χ4n) is 4.38. The minimum atomic E-state index is -3.46. The Bertz CT molecular complexity index is 1660. The molecule has 4 aromatic rings. The Morgan fingerprint density at radius 1 is 1.07 bits per heavy atom. The number of carboxylic acids is 1. The largest absolute Gasteiger partial charge is 0.494 e. The van der Waals surface area contributed by atoms with Gasteiger partial charge >= 0.3 is 5.97 Å². The molecular weight excluding hydrogens is 592 g/mol. The molecule has 0 bridgehead atoms. The average Bonchev–Trinajstić information content (AvgIpc) is 3.46. The van der Waals surface area contributed by atoms with Crippen molar-refractivity contribution in [3.05, 3.63) is 88.9 Å². The van der Waals surface area contributed by atoms with Crippen LogP contribution in [-0.2, 0) is 11.3 Å². The van der Waals surface area contributed by atoms with E-state index in [4.69, 9.17) is 9.84 Å². The number of rotatable bonds is 11. The SMILES string of the molecule is C[C@H](NCCCOc1ccc(-c2ncc(CNC(=O)c3ccc4c(c3)NC(=O)c3ccccc3S4(O)O)s2)cc1)C(=O)O. The van der Waals surface area contributed by atoms with Crippen molar-refractivity contribution < 1.29 is 33.3 Å².